The van der Waals surface area contributed by atoms with E-state index in [4.69, 9.17) is 21.1 Å². The van der Waals surface area contributed by atoms with Crippen molar-refractivity contribution < 1.29 is 9.47 Å². The molecule has 6 heteroatoms. The van der Waals surface area contributed by atoms with Gasteiger partial charge in [0.1, 0.15) is 11.8 Å². The van der Waals surface area contributed by atoms with Gasteiger partial charge >= 0.3 is 0 Å². The minimum Gasteiger partial charge on any atom is -0.468 e. The molecule has 1 unspecified atom stereocenters. The van der Waals surface area contributed by atoms with Gasteiger partial charge < -0.3 is 9.47 Å². The van der Waals surface area contributed by atoms with Crippen LogP contribution in [0.1, 0.15) is 5.56 Å². The number of benzene rings is 1. The Morgan fingerprint density at radius 2 is 2.10 bits per heavy atom. The average Bonchev–Trinajstić information content (AvgIpc) is 2.46. The van der Waals surface area contributed by atoms with E-state index in [1.54, 1.807) is 12.1 Å². The Kier molecular flexibility index (Phi) is 3.99. The van der Waals surface area contributed by atoms with Gasteiger partial charge in [0.2, 0.25) is 0 Å². The molecule has 0 aliphatic carbocycles. The van der Waals surface area contributed by atoms with Gasteiger partial charge in [0, 0.05) is 23.7 Å². The highest BCUT2D eigenvalue weighted by molar-refractivity contribution is 9.10. The van der Waals surface area contributed by atoms with Crippen LogP contribution in [-0.4, -0.2) is 37.4 Å². The average molecular weight is 356 g/mol. The zero-order chi connectivity index (χ0) is 14.1. The summed E-state index contributed by atoms with van der Waals surface area (Å²) in [5, 5.41) is 9.96. The molecule has 1 atom stereocenters. The Morgan fingerprint density at radius 3 is 2.80 bits per heavy atom. The van der Waals surface area contributed by atoms with E-state index in [-0.39, 0.29) is 6.23 Å². The van der Waals surface area contributed by atoms with E-state index < -0.39 is 0 Å². The Morgan fingerprint density at radius 1 is 1.35 bits per heavy atom. The second-order valence-electron chi connectivity index (χ2n) is 4.64. The lowest BCUT2D eigenvalue weighted by atomic mass is 10.1. The Bertz CT molecular complexity index is 606. The Hall–Kier alpha value is -1.06. The minimum atomic E-state index is -0.353. The summed E-state index contributed by atoms with van der Waals surface area (Å²) in [6.45, 7) is 2.83. The molecule has 1 aromatic rings. The van der Waals surface area contributed by atoms with Crippen LogP contribution in [0.4, 0.5) is 0 Å². The second-order valence-corrected chi connectivity index (χ2v) is 5.93. The van der Waals surface area contributed by atoms with E-state index in [0.717, 1.165) is 28.9 Å². The fourth-order valence-electron chi connectivity index (χ4n) is 2.40. The van der Waals surface area contributed by atoms with Crippen molar-refractivity contribution >= 4 is 33.6 Å². The van der Waals surface area contributed by atoms with Crippen LogP contribution in [0.2, 0.25) is 5.02 Å². The molecule has 1 saturated heterocycles. The number of hydrogen-bond acceptors (Lipinski definition) is 4. The number of morpholine rings is 1. The molecule has 0 saturated carbocycles. The van der Waals surface area contributed by atoms with Crippen LogP contribution in [-0.2, 0) is 4.74 Å². The molecule has 4 nitrogen and oxygen atoms in total. The van der Waals surface area contributed by atoms with Crippen LogP contribution in [0.25, 0.3) is 6.08 Å². The molecule has 2 heterocycles. The summed E-state index contributed by atoms with van der Waals surface area (Å²) in [5.74, 6) is 0.727. The maximum atomic E-state index is 9.36. The number of nitrogens with zero attached hydrogens (tertiary/aromatic N) is 2. The number of hydrogen-bond donors (Lipinski definition) is 0. The lowest BCUT2D eigenvalue weighted by Gasteiger charge is -2.36. The summed E-state index contributed by atoms with van der Waals surface area (Å²) >= 11 is 9.49. The number of halogens is 2. The molecule has 0 aromatic heterocycles. The van der Waals surface area contributed by atoms with Crippen LogP contribution in [0.15, 0.2) is 22.2 Å². The predicted octanol–water partition coefficient (Wildman–Crippen LogP) is 3.06. The van der Waals surface area contributed by atoms with Crippen molar-refractivity contribution in [3.8, 4) is 11.8 Å². The summed E-state index contributed by atoms with van der Waals surface area (Å²) in [6, 6.07) is 5.82. The molecule has 0 spiro atoms. The summed E-state index contributed by atoms with van der Waals surface area (Å²) < 4.78 is 12.2. The molecule has 0 radical (unpaired) electrons. The third-order valence-electron chi connectivity index (χ3n) is 3.35. The molecule has 1 aromatic carbocycles. The molecule has 0 amide bonds. The molecule has 0 N–H and O–H groups in total. The van der Waals surface area contributed by atoms with Crippen molar-refractivity contribution in [2.45, 2.75) is 6.23 Å². The van der Waals surface area contributed by atoms with Gasteiger partial charge in [-0.15, -0.1) is 0 Å². The van der Waals surface area contributed by atoms with Gasteiger partial charge in [0.05, 0.1) is 23.3 Å². The number of fused-ring (bicyclic) bond motifs is 1. The number of ether oxygens (including phenoxy) is 2. The minimum absolute atomic E-state index is 0.353. The van der Waals surface area contributed by atoms with E-state index in [2.05, 4.69) is 26.9 Å². The molecule has 2 aliphatic rings. The molecule has 2 aliphatic heterocycles. The standard InChI is InChI=1S/C14H12BrClN2O2/c15-12-7-11(16)6-9-5-10(8-17)14(20-13(9)12)18-1-3-19-4-2-18/h5-7,14H,1-4H2. The van der Waals surface area contributed by atoms with Gasteiger partial charge in [-0.2, -0.15) is 5.26 Å². The van der Waals surface area contributed by atoms with Crippen molar-refractivity contribution in [1.82, 2.24) is 4.90 Å². The summed E-state index contributed by atoms with van der Waals surface area (Å²) in [5.41, 5.74) is 1.42. The van der Waals surface area contributed by atoms with Crippen LogP contribution in [0.3, 0.4) is 0 Å². The molecule has 104 valence electrons. The Balaban J connectivity index is 1.98. The van der Waals surface area contributed by atoms with Crippen molar-refractivity contribution in [3.63, 3.8) is 0 Å². The third-order valence-corrected chi connectivity index (χ3v) is 4.16. The van der Waals surface area contributed by atoms with Crippen molar-refractivity contribution in [1.29, 1.82) is 5.26 Å². The molecule has 3 rings (SSSR count). The van der Waals surface area contributed by atoms with Crippen molar-refractivity contribution in [3.05, 3.63) is 32.8 Å². The number of nitriles is 1. The first-order chi connectivity index (χ1) is 9.69. The highest BCUT2D eigenvalue weighted by atomic mass is 79.9. The summed E-state index contributed by atoms with van der Waals surface area (Å²) in [6.07, 6.45) is 1.49. The molecular weight excluding hydrogens is 344 g/mol. The highest BCUT2D eigenvalue weighted by Crippen LogP contribution is 2.39. The SMILES string of the molecule is N#CC1=Cc2cc(Cl)cc(Br)c2OC1N1CCOCC1. The first-order valence-corrected chi connectivity index (χ1v) is 7.45. The molecular formula is C14H12BrClN2O2. The zero-order valence-electron chi connectivity index (χ0n) is 10.6. The maximum absolute atomic E-state index is 9.36. The Labute approximate surface area is 130 Å². The largest absolute Gasteiger partial charge is 0.468 e. The second kappa shape index (κ2) is 5.74. The lowest BCUT2D eigenvalue weighted by Crippen LogP contribution is -2.47. The molecule has 0 bridgehead atoms. The fourth-order valence-corrected chi connectivity index (χ4v) is 3.32. The fraction of sp³-hybridized carbons (Fsp3) is 0.357. The topological polar surface area (TPSA) is 45.5 Å². The van der Waals surface area contributed by atoms with E-state index in [0.29, 0.717) is 23.8 Å². The number of rotatable bonds is 1. The van der Waals surface area contributed by atoms with Gasteiger partial charge in [0.15, 0.2) is 6.23 Å². The summed E-state index contributed by atoms with van der Waals surface area (Å²) in [4.78, 5) is 2.11. The van der Waals surface area contributed by atoms with Gasteiger partial charge in [0.25, 0.3) is 0 Å². The van der Waals surface area contributed by atoms with Gasteiger partial charge in [-0.1, -0.05) is 11.6 Å². The quantitative estimate of drug-likeness (QED) is 0.777. The normalized spacial score (nSPS) is 22.4. The monoisotopic (exact) mass is 354 g/mol. The van der Waals surface area contributed by atoms with Crippen LogP contribution >= 0.6 is 27.5 Å². The van der Waals surface area contributed by atoms with Gasteiger partial charge in [-0.25, -0.2) is 0 Å². The van der Waals surface area contributed by atoms with E-state index in [1.807, 2.05) is 6.08 Å². The maximum Gasteiger partial charge on any atom is 0.189 e. The first-order valence-electron chi connectivity index (χ1n) is 6.28. The van der Waals surface area contributed by atoms with E-state index in [1.165, 1.54) is 0 Å². The van der Waals surface area contributed by atoms with Crippen LogP contribution in [0, 0.1) is 11.3 Å². The van der Waals surface area contributed by atoms with Gasteiger partial charge in [-0.05, 0) is 34.1 Å². The predicted molar refractivity (Wildman–Crippen MR) is 79.6 cm³/mol. The lowest BCUT2D eigenvalue weighted by molar-refractivity contribution is -0.0292. The highest BCUT2D eigenvalue weighted by Gasteiger charge is 2.31. The van der Waals surface area contributed by atoms with E-state index >= 15 is 0 Å². The zero-order valence-corrected chi connectivity index (χ0v) is 12.9. The van der Waals surface area contributed by atoms with Crippen LogP contribution < -0.4 is 4.74 Å². The molecule has 20 heavy (non-hydrogen) atoms. The van der Waals surface area contributed by atoms with E-state index in [9.17, 15) is 5.26 Å². The third kappa shape index (κ3) is 2.57. The van der Waals surface area contributed by atoms with Crippen molar-refractivity contribution in [2.75, 3.05) is 26.3 Å². The van der Waals surface area contributed by atoms with Crippen LogP contribution in [0.5, 0.6) is 5.75 Å². The smallest absolute Gasteiger partial charge is 0.189 e. The summed E-state index contributed by atoms with van der Waals surface area (Å²) in [7, 11) is 0. The van der Waals surface area contributed by atoms with Crippen molar-refractivity contribution in [2.24, 2.45) is 0 Å². The van der Waals surface area contributed by atoms with Gasteiger partial charge in [-0.3, -0.25) is 4.90 Å². The first kappa shape index (κ1) is 13.9. The molecule has 1 fully saturated rings.